The standard InChI is InChI=1S/C21H24N2O3/c1-15(2)17-10-7-11-18(12-17)23-19(20(24)22(3)21(23)25)14-26-13-16-8-5-4-6-9-16/h4-12,15,19H,13-14H2,1-3H3. The number of rotatable bonds is 6. The Morgan fingerprint density at radius 3 is 2.46 bits per heavy atom. The van der Waals surface area contributed by atoms with E-state index >= 15 is 0 Å². The maximum atomic E-state index is 12.6. The van der Waals surface area contributed by atoms with Gasteiger partial charge in [-0.05, 0) is 29.2 Å². The maximum Gasteiger partial charge on any atom is 0.331 e. The van der Waals surface area contributed by atoms with Crippen LogP contribution < -0.4 is 4.90 Å². The van der Waals surface area contributed by atoms with Gasteiger partial charge in [0.2, 0.25) is 0 Å². The van der Waals surface area contributed by atoms with E-state index in [0.717, 1.165) is 16.8 Å². The quantitative estimate of drug-likeness (QED) is 0.743. The first-order chi connectivity index (χ1) is 12.5. The van der Waals surface area contributed by atoms with Crippen molar-refractivity contribution in [2.75, 3.05) is 18.6 Å². The fraction of sp³-hybridized carbons (Fsp3) is 0.333. The predicted octanol–water partition coefficient (Wildman–Crippen LogP) is 3.79. The second-order valence-electron chi connectivity index (χ2n) is 6.82. The average molecular weight is 352 g/mol. The monoisotopic (exact) mass is 352 g/mol. The van der Waals surface area contributed by atoms with E-state index in [1.54, 1.807) is 4.90 Å². The minimum absolute atomic E-state index is 0.162. The second kappa shape index (κ2) is 7.70. The molecule has 1 saturated heterocycles. The van der Waals surface area contributed by atoms with Gasteiger partial charge in [-0.25, -0.2) is 4.79 Å². The molecule has 1 fully saturated rings. The molecule has 26 heavy (non-hydrogen) atoms. The van der Waals surface area contributed by atoms with E-state index in [1.165, 1.54) is 11.9 Å². The van der Waals surface area contributed by atoms with Crippen molar-refractivity contribution in [3.8, 4) is 0 Å². The third kappa shape index (κ3) is 3.63. The molecular formula is C21H24N2O3. The fourth-order valence-corrected chi connectivity index (χ4v) is 3.06. The van der Waals surface area contributed by atoms with E-state index in [1.807, 2.05) is 54.6 Å². The zero-order chi connectivity index (χ0) is 18.7. The van der Waals surface area contributed by atoms with Gasteiger partial charge in [0.1, 0.15) is 6.04 Å². The highest BCUT2D eigenvalue weighted by molar-refractivity contribution is 6.14. The summed E-state index contributed by atoms with van der Waals surface area (Å²) in [5, 5.41) is 0. The molecule has 2 aromatic rings. The number of hydrogen-bond acceptors (Lipinski definition) is 3. The number of urea groups is 1. The van der Waals surface area contributed by atoms with Crippen LogP contribution in [0.5, 0.6) is 0 Å². The lowest BCUT2D eigenvalue weighted by Crippen LogP contribution is -2.38. The van der Waals surface area contributed by atoms with Crippen LogP contribution in [0.25, 0.3) is 0 Å². The molecule has 5 nitrogen and oxygen atoms in total. The topological polar surface area (TPSA) is 49.9 Å². The highest BCUT2D eigenvalue weighted by Gasteiger charge is 2.44. The van der Waals surface area contributed by atoms with E-state index in [-0.39, 0.29) is 18.5 Å². The molecule has 0 N–H and O–H groups in total. The van der Waals surface area contributed by atoms with Crippen LogP contribution in [0.1, 0.15) is 30.9 Å². The second-order valence-corrected chi connectivity index (χ2v) is 6.82. The number of hydrogen-bond donors (Lipinski definition) is 0. The van der Waals surface area contributed by atoms with Crippen LogP contribution >= 0.6 is 0 Å². The molecule has 1 heterocycles. The van der Waals surface area contributed by atoms with Crippen LogP contribution in [0, 0.1) is 0 Å². The smallest absolute Gasteiger partial charge is 0.331 e. The maximum absolute atomic E-state index is 12.6. The van der Waals surface area contributed by atoms with Gasteiger partial charge in [-0.3, -0.25) is 14.6 Å². The van der Waals surface area contributed by atoms with Crippen LogP contribution in [0.4, 0.5) is 10.5 Å². The van der Waals surface area contributed by atoms with Crippen molar-refractivity contribution < 1.29 is 14.3 Å². The summed E-state index contributed by atoms with van der Waals surface area (Å²) >= 11 is 0. The number of ether oxygens (including phenoxy) is 1. The first-order valence-corrected chi connectivity index (χ1v) is 8.81. The molecule has 1 atom stereocenters. The molecule has 0 radical (unpaired) electrons. The number of likely N-dealkylation sites (N-methyl/N-ethyl adjacent to an activating group) is 1. The van der Waals surface area contributed by atoms with Crippen molar-refractivity contribution in [3.63, 3.8) is 0 Å². The molecule has 0 aromatic heterocycles. The van der Waals surface area contributed by atoms with Crippen LogP contribution in [0.2, 0.25) is 0 Å². The van der Waals surface area contributed by atoms with Gasteiger partial charge in [0.05, 0.1) is 13.2 Å². The molecular weight excluding hydrogens is 328 g/mol. The molecule has 0 aliphatic carbocycles. The Morgan fingerprint density at radius 1 is 1.04 bits per heavy atom. The molecule has 5 heteroatoms. The number of amides is 3. The average Bonchev–Trinajstić information content (AvgIpc) is 2.87. The summed E-state index contributed by atoms with van der Waals surface area (Å²) in [7, 11) is 1.52. The van der Waals surface area contributed by atoms with Crippen molar-refractivity contribution in [1.82, 2.24) is 4.90 Å². The Bertz CT molecular complexity index is 789. The minimum Gasteiger partial charge on any atom is -0.374 e. The predicted molar refractivity (Wildman–Crippen MR) is 101 cm³/mol. The summed E-state index contributed by atoms with van der Waals surface area (Å²) in [6.07, 6.45) is 0. The van der Waals surface area contributed by atoms with Crippen LogP contribution in [-0.4, -0.2) is 36.5 Å². The van der Waals surface area contributed by atoms with E-state index in [4.69, 9.17) is 4.74 Å². The highest BCUT2D eigenvalue weighted by atomic mass is 16.5. The Hall–Kier alpha value is -2.66. The Kier molecular flexibility index (Phi) is 5.38. The molecule has 0 saturated carbocycles. The summed E-state index contributed by atoms with van der Waals surface area (Å²) < 4.78 is 5.76. The molecule has 0 spiro atoms. The van der Waals surface area contributed by atoms with Gasteiger partial charge in [-0.2, -0.15) is 0 Å². The van der Waals surface area contributed by atoms with Gasteiger partial charge in [0.15, 0.2) is 0 Å². The van der Waals surface area contributed by atoms with Crippen molar-refractivity contribution in [3.05, 3.63) is 65.7 Å². The Morgan fingerprint density at radius 2 is 1.77 bits per heavy atom. The Balaban J connectivity index is 1.78. The summed E-state index contributed by atoms with van der Waals surface area (Å²) in [5.41, 5.74) is 2.89. The van der Waals surface area contributed by atoms with Crippen molar-refractivity contribution in [1.29, 1.82) is 0 Å². The number of carbonyl (C=O) groups excluding carboxylic acids is 2. The van der Waals surface area contributed by atoms with Crippen LogP contribution in [-0.2, 0) is 16.1 Å². The zero-order valence-corrected chi connectivity index (χ0v) is 15.4. The van der Waals surface area contributed by atoms with Gasteiger partial charge < -0.3 is 4.74 Å². The summed E-state index contributed by atoms with van der Waals surface area (Å²) in [4.78, 5) is 27.9. The van der Waals surface area contributed by atoms with Crippen molar-refractivity contribution >= 4 is 17.6 Å². The molecule has 1 aliphatic rings. The lowest BCUT2D eigenvalue weighted by molar-refractivity contribution is -0.127. The fourth-order valence-electron chi connectivity index (χ4n) is 3.06. The molecule has 1 unspecified atom stereocenters. The van der Waals surface area contributed by atoms with Gasteiger partial charge in [0, 0.05) is 12.7 Å². The normalized spacial score (nSPS) is 17.5. The van der Waals surface area contributed by atoms with Crippen molar-refractivity contribution in [2.24, 2.45) is 0 Å². The van der Waals surface area contributed by atoms with Gasteiger partial charge >= 0.3 is 6.03 Å². The van der Waals surface area contributed by atoms with Crippen LogP contribution in [0.15, 0.2) is 54.6 Å². The van der Waals surface area contributed by atoms with Gasteiger partial charge in [-0.15, -0.1) is 0 Å². The summed E-state index contributed by atoms with van der Waals surface area (Å²) in [5.74, 6) is 0.104. The molecule has 0 bridgehead atoms. The number of anilines is 1. The van der Waals surface area contributed by atoms with E-state index in [2.05, 4.69) is 13.8 Å². The zero-order valence-electron chi connectivity index (χ0n) is 15.4. The van der Waals surface area contributed by atoms with E-state index in [9.17, 15) is 9.59 Å². The minimum atomic E-state index is -0.640. The number of carbonyl (C=O) groups is 2. The first kappa shape index (κ1) is 18.1. The van der Waals surface area contributed by atoms with E-state index < -0.39 is 6.04 Å². The SMILES string of the molecule is CC(C)c1cccc(N2C(=O)N(C)C(=O)C2COCc2ccccc2)c1. The number of nitrogens with zero attached hydrogens (tertiary/aromatic N) is 2. The molecule has 1 aliphatic heterocycles. The lowest BCUT2D eigenvalue weighted by Gasteiger charge is -2.23. The Labute approximate surface area is 154 Å². The van der Waals surface area contributed by atoms with Gasteiger partial charge in [0.25, 0.3) is 5.91 Å². The lowest BCUT2D eigenvalue weighted by atomic mass is 10.0. The molecule has 136 valence electrons. The van der Waals surface area contributed by atoms with E-state index in [0.29, 0.717) is 12.5 Å². The van der Waals surface area contributed by atoms with Crippen molar-refractivity contribution in [2.45, 2.75) is 32.4 Å². The number of benzene rings is 2. The highest BCUT2D eigenvalue weighted by Crippen LogP contribution is 2.28. The first-order valence-electron chi connectivity index (χ1n) is 8.81. The summed E-state index contributed by atoms with van der Waals surface area (Å²) in [6, 6.07) is 16.6. The molecule has 3 rings (SSSR count). The summed E-state index contributed by atoms with van der Waals surface area (Å²) in [6.45, 7) is 4.77. The molecule has 2 aromatic carbocycles. The third-order valence-corrected chi connectivity index (χ3v) is 4.62. The number of imide groups is 1. The van der Waals surface area contributed by atoms with Crippen LogP contribution in [0.3, 0.4) is 0 Å². The largest absolute Gasteiger partial charge is 0.374 e. The molecule has 3 amide bonds. The third-order valence-electron chi connectivity index (χ3n) is 4.62. The van der Waals surface area contributed by atoms with Gasteiger partial charge in [-0.1, -0.05) is 56.3 Å².